The minimum atomic E-state index is -0.967. The van der Waals surface area contributed by atoms with Crippen molar-refractivity contribution in [2.45, 2.75) is 82.9 Å². The Labute approximate surface area is 268 Å². The first-order valence-corrected chi connectivity index (χ1v) is 16.2. The van der Waals surface area contributed by atoms with E-state index in [9.17, 15) is 19.2 Å². The van der Waals surface area contributed by atoms with E-state index in [-0.39, 0.29) is 30.9 Å². The third-order valence-corrected chi connectivity index (χ3v) is 9.22. The molecule has 240 valence electrons. The number of allylic oxidation sites excluding steroid dienone is 1. The number of amides is 1. The van der Waals surface area contributed by atoms with Crippen LogP contribution in [0.2, 0.25) is 0 Å². The SMILES string of the molecule is CC(C)OC(=O)[C@H](Cc1ccc2cccc3c2c1C=CC3CC(=O)OC(=O)c1ccccc1)NC(=O)ON1CCC2CCCCC21. The maximum Gasteiger partial charge on any atom is 0.427 e. The highest BCUT2D eigenvalue weighted by Gasteiger charge is 2.38. The van der Waals surface area contributed by atoms with Gasteiger partial charge in [-0.1, -0.05) is 73.5 Å². The molecule has 3 unspecified atom stereocenters. The summed E-state index contributed by atoms with van der Waals surface area (Å²) >= 11 is 0. The first-order chi connectivity index (χ1) is 22.3. The fourth-order valence-electron chi connectivity index (χ4n) is 7.09. The van der Waals surface area contributed by atoms with Gasteiger partial charge in [0.1, 0.15) is 6.04 Å². The van der Waals surface area contributed by atoms with Gasteiger partial charge in [0.25, 0.3) is 0 Å². The molecule has 3 aromatic rings. The highest BCUT2D eigenvalue weighted by molar-refractivity contribution is 5.99. The number of benzene rings is 3. The predicted octanol–water partition coefficient (Wildman–Crippen LogP) is 6.49. The maximum absolute atomic E-state index is 13.3. The van der Waals surface area contributed by atoms with Gasteiger partial charge < -0.3 is 19.6 Å². The molecular formula is C37H40N2O7. The average molecular weight is 625 g/mol. The zero-order chi connectivity index (χ0) is 32.2. The van der Waals surface area contributed by atoms with E-state index in [0.717, 1.165) is 53.1 Å². The van der Waals surface area contributed by atoms with Gasteiger partial charge in [-0.15, -0.1) is 5.06 Å². The average Bonchev–Trinajstić information content (AvgIpc) is 3.45. The van der Waals surface area contributed by atoms with E-state index in [4.69, 9.17) is 14.3 Å². The molecule has 6 rings (SSSR count). The third-order valence-electron chi connectivity index (χ3n) is 9.22. The van der Waals surface area contributed by atoms with Crippen molar-refractivity contribution in [3.63, 3.8) is 0 Å². The van der Waals surface area contributed by atoms with Gasteiger partial charge in [-0.3, -0.25) is 4.79 Å². The normalized spacial score (nSPS) is 21.0. The first-order valence-electron chi connectivity index (χ1n) is 16.2. The van der Waals surface area contributed by atoms with Crippen molar-refractivity contribution in [3.05, 3.63) is 89.0 Å². The molecule has 46 heavy (non-hydrogen) atoms. The van der Waals surface area contributed by atoms with Gasteiger partial charge in [0.15, 0.2) is 0 Å². The molecule has 9 nitrogen and oxygen atoms in total. The minimum Gasteiger partial charge on any atom is -0.461 e. The number of carbonyl (C=O) groups excluding carboxylic acids is 4. The molecular weight excluding hydrogens is 584 g/mol. The van der Waals surface area contributed by atoms with E-state index in [1.54, 1.807) is 49.2 Å². The van der Waals surface area contributed by atoms with Crippen LogP contribution < -0.4 is 5.32 Å². The fourth-order valence-corrected chi connectivity index (χ4v) is 7.09. The van der Waals surface area contributed by atoms with Crippen LogP contribution in [0.5, 0.6) is 0 Å². The Kier molecular flexibility index (Phi) is 9.49. The molecule has 1 saturated carbocycles. The van der Waals surface area contributed by atoms with Gasteiger partial charge in [0.05, 0.1) is 18.1 Å². The van der Waals surface area contributed by atoms with Crippen molar-refractivity contribution >= 4 is 40.8 Å². The summed E-state index contributed by atoms with van der Waals surface area (Å²) in [5.41, 5.74) is 2.98. The Morgan fingerprint density at radius 3 is 2.54 bits per heavy atom. The van der Waals surface area contributed by atoms with Crippen molar-refractivity contribution in [2.24, 2.45) is 5.92 Å². The molecule has 0 spiro atoms. The van der Waals surface area contributed by atoms with E-state index in [1.165, 1.54) is 6.42 Å². The van der Waals surface area contributed by atoms with Crippen molar-refractivity contribution in [2.75, 3.05) is 6.54 Å². The van der Waals surface area contributed by atoms with Crippen LogP contribution in [0.1, 0.15) is 85.3 Å². The van der Waals surface area contributed by atoms with Crippen molar-refractivity contribution in [1.29, 1.82) is 0 Å². The van der Waals surface area contributed by atoms with Crippen LogP contribution in [-0.2, 0) is 30.3 Å². The summed E-state index contributed by atoms with van der Waals surface area (Å²) in [6.45, 7) is 4.24. The molecule has 0 bridgehead atoms. The van der Waals surface area contributed by atoms with Crippen LogP contribution in [0, 0.1) is 5.92 Å². The molecule has 2 fully saturated rings. The van der Waals surface area contributed by atoms with Crippen LogP contribution >= 0.6 is 0 Å². The number of ether oxygens (including phenoxy) is 2. The zero-order valence-corrected chi connectivity index (χ0v) is 26.3. The lowest BCUT2D eigenvalue weighted by Gasteiger charge is -2.30. The number of rotatable bonds is 9. The number of hydroxylamine groups is 2. The van der Waals surface area contributed by atoms with Crippen molar-refractivity contribution < 1.29 is 33.5 Å². The second-order valence-corrected chi connectivity index (χ2v) is 12.7. The highest BCUT2D eigenvalue weighted by Crippen LogP contribution is 2.39. The fraction of sp³-hybridized carbons (Fsp3) is 0.405. The Hall–Kier alpha value is -4.50. The molecule has 1 heterocycles. The van der Waals surface area contributed by atoms with E-state index in [1.807, 2.05) is 42.5 Å². The summed E-state index contributed by atoms with van der Waals surface area (Å²) in [5, 5.41) is 6.51. The molecule has 3 aromatic carbocycles. The first kappa shape index (κ1) is 31.5. The van der Waals surface area contributed by atoms with Gasteiger partial charge >= 0.3 is 24.0 Å². The highest BCUT2D eigenvalue weighted by atomic mass is 16.7. The largest absolute Gasteiger partial charge is 0.461 e. The molecule has 3 aliphatic rings. The van der Waals surface area contributed by atoms with Crippen molar-refractivity contribution in [3.8, 4) is 0 Å². The molecule has 1 saturated heterocycles. The summed E-state index contributed by atoms with van der Waals surface area (Å²) in [6, 6.07) is 17.5. The molecule has 0 radical (unpaired) electrons. The van der Waals surface area contributed by atoms with Gasteiger partial charge in [-0.25, -0.2) is 14.4 Å². The van der Waals surface area contributed by atoms with Gasteiger partial charge in [0.2, 0.25) is 0 Å². The Balaban J connectivity index is 1.19. The molecule has 0 aromatic heterocycles. The summed E-state index contributed by atoms with van der Waals surface area (Å²) < 4.78 is 10.7. The number of hydrogen-bond acceptors (Lipinski definition) is 8. The monoisotopic (exact) mass is 624 g/mol. The number of esters is 3. The summed E-state index contributed by atoms with van der Waals surface area (Å²) in [5.74, 6) is -1.59. The smallest absolute Gasteiger partial charge is 0.427 e. The maximum atomic E-state index is 13.3. The number of nitrogens with one attached hydrogen (secondary N) is 1. The zero-order valence-electron chi connectivity index (χ0n) is 26.3. The van der Waals surface area contributed by atoms with E-state index in [2.05, 4.69) is 5.32 Å². The molecule has 1 N–H and O–H groups in total. The van der Waals surface area contributed by atoms with E-state index >= 15 is 0 Å². The van der Waals surface area contributed by atoms with Crippen LogP contribution in [0.3, 0.4) is 0 Å². The molecule has 2 aliphatic carbocycles. The molecule has 1 amide bonds. The van der Waals surface area contributed by atoms with Crippen molar-refractivity contribution in [1.82, 2.24) is 10.4 Å². The number of hydrogen-bond donors (Lipinski definition) is 1. The lowest BCUT2D eigenvalue weighted by Crippen LogP contribution is -2.47. The predicted molar refractivity (Wildman–Crippen MR) is 173 cm³/mol. The number of carbonyl (C=O) groups is 4. The second-order valence-electron chi connectivity index (χ2n) is 12.7. The second kappa shape index (κ2) is 13.9. The summed E-state index contributed by atoms with van der Waals surface area (Å²) in [6.07, 6.45) is 8.54. The van der Waals surface area contributed by atoms with Crippen LogP contribution in [0.25, 0.3) is 16.8 Å². The topological polar surface area (TPSA) is 111 Å². The Morgan fingerprint density at radius 1 is 0.935 bits per heavy atom. The number of nitrogens with zero attached hydrogens (tertiary/aromatic N) is 1. The standard InChI is InChI=1S/C37H40N2O7/c1-23(2)44-36(42)31(38-37(43)46-39-20-19-24-9-6-7-14-32(24)39)21-27-16-15-25-12-8-13-29-28(17-18-30(27)34(25)29)22-33(40)45-35(41)26-10-4-3-5-11-26/h3-5,8,10-13,15-18,23-24,28,31-32H,6-7,9,14,19-22H2,1-2H3,(H,38,43)/t24?,28?,31-,32?/m0/s1. The van der Waals surface area contributed by atoms with Crippen LogP contribution in [-0.4, -0.2) is 53.8 Å². The summed E-state index contributed by atoms with van der Waals surface area (Å²) in [4.78, 5) is 57.4. The van der Waals surface area contributed by atoms with Gasteiger partial charge in [-0.05, 0) is 78.6 Å². The van der Waals surface area contributed by atoms with Crippen LogP contribution in [0.15, 0.2) is 66.7 Å². The van der Waals surface area contributed by atoms with Gasteiger partial charge in [-0.2, -0.15) is 0 Å². The number of fused-ring (bicyclic) bond motifs is 1. The Bertz CT molecular complexity index is 1650. The van der Waals surface area contributed by atoms with E-state index < -0.39 is 30.0 Å². The molecule has 9 heteroatoms. The Morgan fingerprint density at radius 2 is 1.74 bits per heavy atom. The summed E-state index contributed by atoms with van der Waals surface area (Å²) in [7, 11) is 0. The van der Waals surface area contributed by atoms with Gasteiger partial charge in [0, 0.05) is 24.9 Å². The van der Waals surface area contributed by atoms with E-state index in [0.29, 0.717) is 18.0 Å². The molecule has 4 atom stereocenters. The van der Waals surface area contributed by atoms with Crippen LogP contribution in [0.4, 0.5) is 4.79 Å². The quantitative estimate of drug-likeness (QED) is 0.212. The lowest BCUT2D eigenvalue weighted by atomic mass is 9.82. The minimum absolute atomic E-state index is 0.00700. The lowest BCUT2D eigenvalue weighted by molar-refractivity contribution is -0.151. The molecule has 1 aliphatic heterocycles. The third kappa shape index (κ3) is 6.99.